The predicted molar refractivity (Wildman–Crippen MR) is 84.6 cm³/mol. The molecule has 124 valence electrons. The lowest BCUT2D eigenvalue weighted by molar-refractivity contribution is -0.0943. The number of carbonyl (C=O) groups excluding carboxylic acids is 1. The van der Waals surface area contributed by atoms with Crippen molar-refractivity contribution in [1.82, 2.24) is 14.9 Å². The van der Waals surface area contributed by atoms with Crippen LogP contribution in [-0.2, 0) is 4.74 Å². The molecular formula is C16H21N3O4. The first-order chi connectivity index (χ1) is 10.9. The van der Waals surface area contributed by atoms with E-state index in [0.29, 0.717) is 24.7 Å². The number of fused-ring (bicyclic) bond motifs is 1. The Balaban J connectivity index is 1.64. The highest BCUT2D eigenvalue weighted by Crippen LogP contribution is 2.25. The van der Waals surface area contributed by atoms with Crippen molar-refractivity contribution in [2.75, 3.05) is 26.8 Å². The molecule has 0 saturated carbocycles. The van der Waals surface area contributed by atoms with Gasteiger partial charge in [-0.25, -0.2) is 4.98 Å². The summed E-state index contributed by atoms with van der Waals surface area (Å²) >= 11 is 0. The number of hydrogen-bond acceptors (Lipinski definition) is 5. The average molecular weight is 319 g/mol. The molecule has 0 aliphatic carbocycles. The Kier molecular flexibility index (Phi) is 3.99. The molecule has 0 radical (unpaired) electrons. The standard InChI is InChI=1S/C16H21N3O4/c1-16(2,21)9-23-10-7-19(8-10)15(20)13-6-11-12(18-13)4-5-17-14(11)22-3/h4-6,10,18,21H,7-9H2,1-3H3. The summed E-state index contributed by atoms with van der Waals surface area (Å²) in [5.74, 6) is 0.416. The maximum atomic E-state index is 12.5. The van der Waals surface area contributed by atoms with E-state index in [4.69, 9.17) is 9.47 Å². The molecule has 1 saturated heterocycles. The van der Waals surface area contributed by atoms with E-state index in [-0.39, 0.29) is 18.6 Å². The van der Waals surface area contributed by atoms with Gasteiger partial charge in [0.25, 0.3) is 5.91 Å². The number of likely N-dealkylation sites (tertiary alicyclic amines) is 1. The lowest BCUT2D eigenvalue weighted by Gasteiger charge is -2.39. The number of aromatic amines is 1. The van der Waals surface area contributed by atoms with Gasteiger partial charge in [0.2, 0.25) is 5.88 Å². The molecule has 3 rings (SSSR count). The predicted octanol–water partition coefficient (Wildman–Crippen LogP) is 1.18. The number of ether oxygens (including phenoxy) is 2. The van der Waals surface area contributed by atoms with Crippen molar-refractivity contribution in [3.8, 4) is 5.88 Å². The molecule has 1 aliphatic rings. The molecule has 0 aromatic carbocycles. The van der Waals surface area contributed by atoms with E-state index in [1.807, 2.05) is 0 Å². The van der Waals surface area contributed by atoms with E-state index in [1.165, 1.54) is 0 Å². The number of rotatable bonds is 5. The number of pyridine rings is 1. The molecule has 23 heavy (non-hydrogen) atoms. The molecule has 2 aromatic heterocycles. The SMILES string of the molecule is COc1nccc2[nH]c(C(=O)N3CC(OCC(C)(C)O)C3)cc12. The fourth-order valence-electron chi connectivity index (χ4n) is 2.51. The highest BCUT2D eigenvalue weighted by molar-refractivity contribution is 5.99. The van der Waals surface area contributed by atoms with Crippen LogP contribution in [0.2, 0.25) is 0 Å². The summed E-state index contributed by atoms with van der Waals surface area (Å²) in [7, 11) is 1.55. The summed E-state index contributed by atoms with van der Waals surface area (Å²) in [5.41, 5.74) is 0.466. The molecule has 1 amide bonds. The molecule has 2 aromatic rings. The van der Waals surface area contributed by atoms with Crippen LogP contribution in [-0.4, -0.2) is 64.4 Å². The maximum absolute atomic E-state index is 12.5. The number of aromatic nitrogens is 2. The first kappa shape index (κ1) is 15.8. The van der Waals surface area contributed by atoms with E-state index >= 15 is 0 Å². The summed E-state index contributed by atoms with van der Waals surface area (Å²) < 4.78 is 10.8. The van der Waals surface area contributed by atoms with Crippen molar-refractivity contribution in [2.24, 2.45) is 0 Å². The number of nitrogens with zero attached hydrogens (tertiary/aromatic N) is 2. The van der Waals surface area contributed by atoms with E-state index in [9.17, 15) is 9.90 Å². The lowest BCUT2D eigenvalue weighted by Crippen LogP contribution is -2.55. The minimum Gasteiger partial charge on any atom is -0.481 e. The number of H-pyrrole nitrogens is 1. The highest BCUT2D eigenvalue weighted by Gasteiger charge is 2.33. The summed E-state index contributed by atoms with van der Waals surface area (Å²) in [6, 6.07) is 3.56. The van der Waals surface area contributed by atoms with Crippen molar-refractivity contribution in [1.29, 1.82) is 0 Å². The number of nitrogens with one attached hydrogen (secondary N) is 1. The Hall–Kier alpha value is -2.12. The second-order valence-corrected chi connectivity index (χ2v) is 6.42. The Morgan fingerprint density at radius 2 is 2.26 bits per heavy atom. The van der Waals surface area contributed by atoms with Gasteiger partial charge in [-0.3, -0.25) is 4.79 Å². The monoisotopic (exact) mass is 319 g/mol. The zero-order chi connectivity index (χ0) is 16.6. The molecule has 7 heteroatoms. The number of methoxy groups -OCH3 is 1. The third-order valence-electron chi connectivity index (χ3n) is 3.74. The fraction of sp³-hybridized carbons (Fsp3) is 0.500. The molecular weight excluding hydrogens is 298 g/mol. The Labute approximate surface area is 134 Å². The van der Waals surface area contributed by atoms with Crippen LogP contribution in [0.25, 0.3) is 10.9 Å². The van der Waals surface area contributed by atoms with Gasteiger partial charge in [0.1, 0.15) is 5.69 Å². The van der Waals surface area contributed by atoms with Gasteiger partial charge in [0, 0.05) is 19.3 Å². The third-order valence-corrected chi connectivity index (χ3v) is 3.74. The van der Waals surface area contributed by atoms with Crippen LogP contribution in [0.4, 0.5) is 0 Å². The van der Waals surface area contributed by atoms with Gasteiger partial charge >= 0.3 is 0 Å². The van der Waals surface area contributed by atoms with E-state index < -0.39 is 5.60 Å². The zero-order valence-electron chi connectivity index (χ0n) is 13.5. The quantitative estimate of drug-likeness (QED) is 0.864. The van der Waals surface area contributed by atoms with Crippen LogP contribution in [0.1, 0.15) is 24.3 Å². The minimum atomic E-state index is -0.856. The molecule has 7 nitrogen and oxygen atoms in total. The third kappa shape index (κ3) is 3.30. The average Bonchev–Trinajstić information content (AvgIpc) is 2.87. The van der Waals surface area contributed by atoms with Gasteiger partial charge in [-0.15, -0.1) is 0 Å². The van der Waals surface area contributed by atoms with Crippen LogP contribution in [0.3, 0.4) is 0 Å². The largest absolute Gasteiger partial charge is 0.481 e. The van der Waals surface area contributed by atoms with Crippen molar-refractivity contribution < 1.29 is 19.4 Å². The summed E-state index contributed by atoms with van der Waals surface area (Å²) in [5, 5.41) is 10.4. The van der Waals surface area contributed by atoms with Crippen molar-refractivity contribution in [3.63, 3.8) is 0 Å². The molecule has 1 aliphatic heterocycles. The molecule has 3 heterocycles. The second kappa shape index (κ2) is 5.82. The molecule has 0 atom stereocenters. The normalized spacial score (nSPS) is 15.7. The maximum Gasteiger partial charge on any atom is 0.270 e. The van der Waals surface area contributed by atoms with Crippen LogP contribution in [0, 0.1) is 0 Å². The lowest BCUT2D eigenvalue weighted by atomic mass is 10.1. The number of hydrogen-bond donors (Lipinski definition) is 2. The van der Waals surface area contributed by atoms with Gasteiger partial charge in [-0.1, -0.05) is 0 Å². The molecule has 1 fully saturated rings. The van der Waals surface area contributed by atoms with E-state index in [2.05, 4.69) is 9.97 Å². The van der Waals surface area contributed by atoms with Gasteiger partial charge in [-0.05, 0) is 26.0 Å². The van der Waals surface area contributed by atoms with Crippen molar-refractivity contribution >= 4 is 16.8 Å². The second-order valence-electron chi connectivity index (χ2n) is 6.42. The number of aliphatic hydroxyl groups is 1. The first-order valence-corrected chi connectivity index (χ1v) is 7.52. The van der Waals surface area contributed by atoms with Gasteiger partial charge < -0.3 is 24.5 Å². The van der Waals surface area contributed by atoms with Crippen LogP contribution < -0.4 is 4.74 Å². The van der Waals surface area contributed by atoms with Gasteiger partial charge in [0.15, 0.2) is 0 Å². The fourth-order valence-corrected chi connectivity index (χ4v) is 2.51. The Bertz CT molecular complexity index is 714. The summed E-state index contributed by atoms with van der Waals surface area (Å²) in [6.07, 6.45) is 1.61. The molecule has 0 bridgehead atoms. The van der Waals surface area contributed by atoms with Gasteiger partial charge in [0.05, 0.1) is 36.3 Å². The van der Waals surface area contributed by atoms with Crippen LogP contribution in [0.5, 0.6) is 5.88 Å². The number of carbonyl (C=O) groups is 1. The van der Waals surface area contributed by atoms with Crippen LogP contribution in [0.15, 0.2) is 18.3 Å². The van der Waals surface area contributed by atoms with E-state index in [1.54, 1.807) is 44.2 Å². The Morgan fingerprint density at radius 3 is 2.91 bits per heavy atom. The van der Waals surface area contributed by atoms with Crippen molar-refractivity contribution in [2.45, 2.75) is 25.6 Å². The summed E-state index contributed by atoms with van der Waals surface area (Å²) in [6.45, 7) is 4.70. The summed E-state index contributed by atoms with van der Waals surface area (Å²) in [4.78, 5) is 21.4. The molecule has 0 spiro atoms. The topological polar surface area (TPSA) is 87.7 Å². The molecule has 2 N–H and O–H groups in total. The zero-order valence-corrected chi connectivity index (χ0v) is 13.5. The minimum absolute atomic E-state index is 0.0223. The van der Waals surface area contributed by atoms with Gasteiger partial charge in [-0.2, -0.15) is 0 Å². The smallest absolute Gasteiger partial charge is 0.270 e. The Morgan fingerprint density at radius 1 is 1.52 bits per heavy atom. The molecule has 0 unspecified atom stereocenters. The first-order valence-electron chi connectivity index (χ1n) is 7.52. The van der Waals surface area contributed by atoms with Crippen molar-refractivity contribution in [3.05, 3.63) is 24.0 Å². The highest BCUT2D eigenvalue weighted by atomic mass is 16.5. The van der Waals surface area contributed by atoms with Crippen LogP contribution >= 0.6 is 0 Å². The number of amides is 1. The van der Waals surface area contributed by atoms with E-state index in [0.717, 1.165) is 10.9 Å².